The number of aliphatic hydroxyl groups excluding tert-OH is 1. The Morgan fingerprint density at radius 2 is 2.17 bits per heavy atom. The summed E-state index contributed by atoms with van der Waals surface area (Å²) < 4.78 is 23.2. The summed E-state index contributed by atoms with van der Waals surface area (Å²) in [4.78, 5) is 10.3. The molecule has 1 aliphatic carbocycles. The highest BCUT2D eigenvalue weighted by Gasteiger charge is 2.28. The van der Waals surface area contributed by atoms with Crippen molar-refractivity contribution in [1.82, 2.24) is 5.32 Å². The van der Waals surface area contributed by atoms with E-state index in [0.29, 0.717) is 12.8 Å². The van der Waals surface area contributed by atoms with Crippen molar-refractivity contribution in [2.45, 2.75) is 25.4 Å². The van der Waals surface area contributed by atoms with Gasteiger partial charge < -0.3 is 10.4 Å². The van der Waals surface area contributed by atoms with Crippen LogP contribution in [0.15, 0.2) is 0 Å². The van der Waals surface area contributed by atoms with Crippen LogP contribution in [0.3, 0.4) is 0 Å². The van der Waals surface area contributed by atoms with Gasteiger partial charge in [0, 0.05) is 6.54 Å². The minimum atomic E-state index is -2.94. The normalized spacial score (nSPS) is 28.3. The first-order chi connectivity index (χ1) is 5.59. The van der Waals surface area contributed by atoms with Crippen LogP contribution in [0.25, 0.3) is 0 Å². The van der Waals surface area contributed by atoms with Gasteiger partial charge in [-0.3, -0.25) is 4.79 Å². The largest absolute Gasteiger partial charge is 0.393 e. The van der Waals surface area contributed by atoms with Crippen LogP contribution in [-0.4, -0.2) is 30.1 Å². The number of rotatable bonds is 3. The van der Waals surface area contributed by atoms with Crippen molar-refractivity contribution in [1.29, 1.82) is 0 Å². The lowest BCUT2D eigenvalue weighted by molar-refractivity contribution is -0.132. The third-order valence-corrected chi connectivity index (χ3v) is 1.97. The Bertz CT molecular complexity index is 169. The summed E-state index contributed by atoms with van der Waals surface area (Å²) in [5.74, 6) is -1.06. The van der Waals surface area contributed by atoms with Gasteiger partial charge in [0.15, 0.2) is 0 Å². The molecule has 0 atom stereocenters. The van der Waals surface area contributed by atoms with Crippen molar-refractivity contribution in [2.75, 3.05) is 6.54 Å². The van der Waals surface area contributed by atoms with Gasteiger partial charge in [0.1, 0.15) is 0 Å². The maximum atomic E-state index is 11.6. The van der Waals surface area contributed by atoms with Crippen LogP contribution in [0.1, 0.15) is 12.8 Å². The number of carbonyl (C=O) groups is 1. The second kappa shape index (κ2) is 3.80. The van der Waals surface area contributed by atoms with E-state index < -0.39 is 12.3 Å². The van der Waals surface area contributed by atoms with Crippen LogP contribution in [0, 0.1) is 5.92 Å². The van der Waals surface area contributed by atoms with Gasteiger partial charge in [-0.15, -0.1) is 0 Å². The molecule has 1 rings (SSSR count). The van der Waals surface area contributed by atoms with E-state index >= 15 is 0 Å². The molecule has 0 saturated heterocycles. The molecule has 0 unspecified atom stereocenters. The van der Waals surface area contributed by atoms with Gasteiger partial charge in [0.25, 0.3) is 5.91 Å². The molecule has 0 spiro atoms. The average Bonchev–Trinajstić information content (AvgIpc) is 1.95. The van der Waals surface area contributed by atoms with E-state index in [-0.39, 0.29) is 18.6 Å². The molecule has 0 bridgehead atoms. The fourth-order valence-corrected chi connectivity index (χ4v) is 1.19. The van der Waals surface area contributed by atoms with E-state index in [0.717, 1.165) is 0 Å². The van der Waals surface area contributed by atoms with Crippen molar-refractivity contribution >= 4 is 5.91 Å². The minimum Gasteiger partial charge on any atom is -0.393 e. The first-order valence-corrected chi connectivity index (χ1v) is 3.83. The number of carbonyl (C=O) groups excluding carboxylic acids is 1. The van der Waals surface area contributed by atoms with Crippen LogP contribution in [0.2, 0.25) is 0 Å². The molecule has 5 heteroatoms. The van der Waals surface area contributed by atoms with Crippen molar-refractivity contribution in [3.05, 3.63) is 0 Å². The number of amides is 1. The Labute approximate surface area is 68.8 Å². The summed E-state index contributed by atoms with van der Waals surface area (Å²) >= 11 is 0. The molecule has 2 N–H and O–H groups in total. The van der Waals surface area contributed by atoms with Gasteiger partial charge in [-0.2, -0.15) is 8.78 Å². The summed E-state index contributed by atoms with van der Waals surface area (Å²) in [7, 11) is 0. The van der Waals surface area contributed by atoms with Crippen LogP contribution < -0.4 is 5.32 Å². The molecule has 1 fully saturated rings. The number of halogens is 2. The molecule has 0 radical (unpaired) electrons. The summed E-state index contributed by atoms with van der Waals surface area (Å²) in [5, 5.41) is 10.9. The molecule has 3 nitrogen and oxygen atoms in total. The van der Waals surface area contributed by atoms with Crippen LogP contribution in [0.4, 0.5) is 8.78 Å². The zero-order chi connectivity index (χ0) is 9.14. The third-order valence-electron chi connectivity index (χ3n) is 1.97. The predicted octanol–water partition coefficient (Wildman–Crippen LogP) is 0.139. The monoisotopic (exact) mass is 179 g/mol. The Morgan fingerprint density at radius 1 is 1.58 bits per heavy atom. The molecule has 1 amide bonds. The fourth-order valence-electron chi connectivity index (χ4n) is 1.19. The predicted molar refractivity (Wildman–Crippen MR) is 37.7 cm³/mol. The van der Waals surface area contributed by atoms with E-state index in [1.54, 1.807) is 0 Å². The SMILES string of the molecule is O=C(NCC1CC(O)C1)C(F)F. The topological polar surface area (TPSA) is 49.3 Å². The highest BCUT2D eigenvalue weighted by atomic mass is 19.3. The molecular formula is C7H11F2NO2. The summed E-state index contributed by atoms with van der Waals surface area (Å²) in [6.07, 6.45) is -2.04. The van der Waals surface area contributed by atoms with Crippen LogP contribution >= 0.6 is 0 Å². The lowest BCUT2D eigenvalue weighted by atomic mass is 9.82. The third kappa shape index (κ3) is 2.41. The Balaban J connectivity index is 2.06. The minimum absolute atomic E-state index is 0.169. The van der Waals surface area contributed by atoms with E-state index in [1.807, 2.05) is 0 Å². The van der Waals surface area contributed by atoms with Crippen molar-refractivity contribution in [3.8, 4) is 0 Å². The van der Waals surface area contributed by atoms with E-state index in [2.05, 4.69) is 5.32 Å². The Morgan fingerprint density at radius 3 is 2.58 bits per heavy atom. The molecule has 0 aliphatic heterocycles. The second-order valence-corrected chi connectivity index (χ2v) is 3.04. The van der Waals surface area contributed by atoms with E-state index in [9.17, 15) is 13.6 Å². The quantitative estimate of drug-likeness (QED) is 0.647. The molecular weight excluding hydrogens is 168 g/mol. The van der Waals surface area contributed by atoms with Gasteiger partial charge in [-0.25, -0.2) is 0 Å². The zero-order valence-corrected chi connectivity index (χ0v) is 6.46. The summed E-state index contributed by atoms with van der Waals surface area (Å²) in [6, 6.07) is 0. The molecule has 0 heterocycles. The van der Waals surface area contributed by atoms with Gasteiger partial charge in [-0.1, -0.05) is 0 Å². The smallest absolute Gasteiger partial charge is 0.315 e. The highest BCUT2D eigenvalue weighted by Crippen LogP contribution is 2.26. The first kappa shape index (κ1) is 9.38. The molecule has 0 aromatic heterocycles. The van der Waals surface area contributed by atoms with Gasteiger partial charge in [0.05, 0.1) is 6.10 Å². The van der Waals surface area contributed by atoms with Crippen LogP contribution in [0.5, 0.6) is 0 Å². The molecule has 1 aliphatic rings. The van der Waals surface area contributed by atoms with Crippen molar-refractivity contribution in [3.63, 3.8) is 0 Å². The Hall–Kier alpha value is -0.710. The maximum Gasteiger partial charge on any atom is 0.315 e. The highest BCUT2D eigenvalue weighted by molar-refractivity contribution is 5.79. The zero-order valence-electron chi connectivity index (χ0n) is 6.46. The summed E-state index contributed by atoms with van der Waals surface area (Å²) in [6.45, 7) is 0.250. The number of aliphatic hydroxyl groups is 1. The number of alkyl halides is 2. The van der Waals surface area contributed by atoms with Gasteiger partial charge in [-0.05, 0) is 18.8 Å². The second-order valence-electron chi connectivity index (χ2n) is 3.04. The van der Waals surface area contributed by atoms with Crippen LogP contribution in [-0.2, 0) is 4.79 Å². The summed E-state index contributed by atoms with van der Waals surface area (Å²) in [5.41, 5.74) is 0. The lowest BCUT2D eigenvalue weighted by Gasteiger charge is -2.31. The molecule has 0 aromatic carbocycles. The molecule has 12 heavy (non-hydrogen) atoms. The van der Waals surface area contributed by atoms with Crippen molar-refractivity contribution in [2.24, 2.45) is 5.92 Å². The number of nitrogens with one attached hydrogen (secondary N) is 1. The Kier molecular flexibility index (Phi) is 2.97. The van der Waals surface area contributed by atoms with E-state index in [4.69, 9.17) is 5.11 Å². The van der Waals surface area contributed by atoms with Gasteiger partial charge in [0.2, 0.25) is 0 Å². The van der Waals surface area contributed by atoms with Crippen molar-refractivity contribution < 1.29 is 18.7 Å². The standard InChI is InChI=1S/C7H11F2NO2/c8-6(9)7(12)10-3-4-1-5(11)2-4/h4-6,11H,1-3H2,(H,10,12). The fraction of sp³-hybridized carbons (Fsp3) is 0.857. The number of hydrogen-bond donors (Lipinski definition) is 2. The number of hydrogen-bond acceptors (Lipinski definition) is 2. The van der Waals surface area contributed by atoms with Gasteiger partial charge >= 0.3 is 6.43 Å². The molecule has 0 aromatic rings. The average molecular weight is 179 g/mol. The maximum absolute atomic E-state index is 11.6. The lowest BCUT2D eigenvalue weighted by Crippen LogP contribution is -2.40. The molecule has 1 saturated carbocycles. The first-order valence-electron chi connectivity index (χ1n) is 3.83. The van der Waals surface area contributed by atoms with E-state index in [1.165, 1.54) is 0 Å². The molecule has 70 valence electrons.